The average molecular weight is 454 g/mol. The van der Waals surface area contributed by atoms with Crippen LogP contribution in [0.3, 0.4) is 0 Å². The first-order chi connectivity index (χ1) is 16.6. The van der Waals surface area contributed by atoms with E-state index in [0.29, 0.717) is 16.9 Å². The summed E-state index contributed by atoms with van der Waals surface area (Å²) in [5.74, 6) is 2.92. The van der Waals surface area contributed by atoms with E-state index in [1.54, 1.807) is 12.4 Å². The number of hydrogen-bond donors (Lipinski definition) is 1. The van der Waals surface area contributed by atoms with Crippen LogP contribution in [0.25, 0.3) is 11.0 Å². The van der Waals surface area contributed by atoms with E-state index in [2.05, 4.69) is 30.2 Å². The van der Waals surface area contributed by atoms with Crippen molar-refractivity contribution in [3.8, 4) is 11.5 Å². The number of aromatic nitrogens is 4. The molecular weight excluding hydrogens is 426 g/mol. The van der Waals surface area contributed by atoms with Gasteiger partial charge in [-0.3, -0.25) is 4.99 Å². The smallest absolute Gasteiger partial charge is 0.226 e. The second-order valence-corrected chi connectivity index (χ2v) is 8.36. The van der Waals surface area contributed by atoms with Crippen molar-refractivity contribution >= 4 is 40.4 Å². The molecule has 1 saturated heterocycles. The van der Waals surface area contributed by atoms with Crippen LogP contribution in [-0.2, 0) is 0 Å². The molecule has 0 amide bonds. The third-order valence-corrected chi connectivity index (χ3v) is 5.87. The van der Waals surface area contributed by atoms with Crippen molar-refractivity contribution in [1.82, 2.24) is 19.9 Å². The van der Waals surface area contributed by atoms with Gasteiger partial charge in [-0.05, 0) is 69.0 Å². The van der Waals surface area contributed by atoms with Crippen molar-refractivity contribution < 1.29 is 4.74 Å². The van der Waals surface area contributed by atoms with Crippen LogP contribution in [0, 0.1) is 13.8 Å². The molecule has 2 aromatic carbocycles. The highest BCUT2D eigenvalue weighted by atomic mass is 16.5. The number of anilines is 3. The fourth-order valence-corrected chi connectivity index (χ4v) is 4.04. The molecule has 1 aliphatic heterocycles. The van der Waals surface area contributed by atoms with Crippen molar-refractivity contribution in [3.05, 3.63) is 60.0 Å². The molecule has 1 aliphatic rings. The summed E-state index contributed by atoms with van der Waals surface area (Å²) in [6.07, 6.45) is 7.42. The number of rotatable bonds is 6. The summed E-state index contributed by atoms with van der Waals surface area (Å²) in [6, 6.07) is 11.9. The molecule has 34 heavy (non-hydrogen) atoms. The molecule has 0 saturated carbocycles. The first kappa shape index (κ1) is 21.8. The molecule has 8 heteroatoms. The topological polar surface area (TPSA) is 88.4 Å². The Morgan fingerprint density at radius 2 is 1.85 bits per heavy atom. The lowest BCUT2D eigenvalue weighted by Gasteiger charge is -2.16. The normalized spacial score (nSPS) is 13.7. The van der Waals surface area contributed by atoms with Gasteiger partial charge in [0.05, 0.1) is 11.9 Å². The average Bonchev–Trinajstić information content (AvgIpc) is 3.38. The van der Waals surface area contributed by atoms with Gasteiger partial charge in [0.1, 0.15) is 28.9 Å². The Bertz CT molecular complexity index is 1360. The van der Waals surface area contributed by atoms with Crippen molar-refractivity contribution in [3.63, 3.8) is 0 Å². The SMILES string of the molecule is CC=Nc1cc(Oc2ccc(Nc3ncnc4cnc(N5CCCC5)nc34)cc2C)ccc1C. The summed E-state index contributed by atoms with van der Waals surface area (Å²) in [4.78, 5) is 24.7. The lowest BCUT2D eigenvalue weighted by Crippen LogP contribution is -2.20. The third-order valence-electron chi connectivity index (χ3n) is 5.87. The van der Waals surface area contributed by atoms with Gasteiger partial charge in [0.15, 0.2) is 5.82 Å². The maximum absolute atomic E-state index is 6.15. The molecule has 0 aliphatic carbocycles. The number of hydrogen-bond acceptors (Lipinski definition) is 8. The molecule has 0 bridgehead atoms. The highest BCUT2D eigenvalue weighted by molar-refractivity contribution is 5.87. The molecule has 0 spiro atoms. The van der Waals surface area contributed by atoms with E-state index >= 15 is 0 Å². The Kier molecular flexibility index (Phi) is 6.03. The maximum atomic E-state index is 6.15. The third kappa shape index (κ3) is 4.52. The first-order valence-electron chi connectivity index (χ1n) is 11.5. The van der Waals surface area contributed by atoms with E-state index in [1.807, 2.05) is 57.2 Å². The molecule has 8 nitrogen and oxygen atoms in total. The van der Waals surface area contributed by atoms with Gasteiger partial charge < -0.3 is 15.0 Å². The predicted octanol–water partition coefficient (Wildman–Crippen LogP) is 5.89. The Hall–Kier alpha value is -4.07. The number of aryl methyl sites for hydroxylation is 2. The van der Waals surface area contributed by atoms with Gasteiger partial charge in [-0.25, -0.2) is 19.9 Å². The Balaban J connectivity index is 1.39. The quantitative estimate of drug-likeness (QED) is 0.364. The number of benzene rings is 2. The summed E-state index contributed by atoms with van der Waals surface area (Å²) in [7, 11) is 0. The van der Waals surface area contributed by atoms with E-state index in [1.165, 1.54) is 19.2 Å². The van der Waals surface area contributed by atoms with Crippen LogP contribution in [0.15, 0.2) is 53.9 Å². The van der Waals surface area contributed by atoms with Crippen LogP contribution in [0.1, 0.15) is 30.9 Å². The number of ether oxygens (including phenoxy) is 1. The van der Waals surface area contributed by atoms with Crippen LogP contribution in [0.4, 0.5) is 23.1 Å². The van der Waals surface area contributed by atoms with Crippen LogP contribution in [0.2, 0.25) is 0 Å². The first-order valence-corrected chi connectivity index (χ1v) is 11.5. The minimum atomic E-state index is 0.654. The summed E-state index contributed by atoms with van der Waals surface area (Å²) < 4.78 is 6.15. The van der Waals surface area contributed by atoms with Gasteiger partial charge in [-0.2, -0.15) is 0 Å². The molecule has 4 aromatic rings. The van der Waals surface area contributed by atoms with Gasteiger partial charge >= 0.3 is 0 Å². The summed E-state index contributed by atoms with van der Waals surface area (Å²) >= 11 is 0. The maximum Gasteiger partial charge on any atom is 0.226 e. The predicted molar refractivity (Wildman–Crippen MR) is 136 cm³/mol. The van der Waals surface area contributed by atoms with Crippen molar-refractivity contribution in [2.45, 2.75) is 33.6 Å². The monoisotopic (exact) mass is 453 g/mol. The summed E-state index contributed by atoms with van der Waals surface area (Å²) in [5.41, 5.74) is 5.32. The van der Waals surface area contributed by atoms with Crippen molar-refractivity contribution in [2.75, 3.05) is 23.3 Å². The van der Waals surface area contributed by atoms with Crippen molar-refractivity contribution in [1.29, 1.82) is 0 Å². The molecule has 1 fully saturated rings. The molecule has 172 valence electrons. The summed E-state index contributed by atoms with van der Waals surface area (Å²) in [5, 5.41) is 3.40. The minimum absolute atomic E-state index is 0.654. The van der Waals surface area contributed by atoms with Gasteiger partial charge in [-0.15, -0.1) is 0 Å². The Labute approximate surface area is 198 Å². The van der Waals surface area contributed by atoms with E-state index in [-0.39, 0.29) is 0 Å². The lowest BCUT2D eigenvalue weighted by atomic mass is 10.2. The van der Waals surface area contributed by atoms with Gasteiger partial charge in [0.2, 0.25) is 5.95 Å². The Morgan fingerprint density at radius 1 is 1.00 bits per heavy atom. The fraction of sp³-hybridized carbons (Fsp3) is 0.269. The van der Waals surface area contributed by atoms with Crippen LogP contribution >= 0.6 is 0 Å². The second kappa shape index (κ2) is 9.43. The largest absolute Gasteiger partial charge is 0.457 e. The van der Waals surface area contributed by atoms with Crippen molar-refractivity contribution in [2.24, 2.45) is 4.99 Å². The number of nitrogens with one attached hydrogen (secondary N) is 1. The summed E-state index contributed by atoms with van der Waals surface area (Å²) in [6.45, 7) is 7.92. The molecule has 1 N–H and O–H groups in total. The zero-order valence-electron chi connectivity index (χ0n) is 19.6. The standard InChI is InChI=1S/C26H27N7O/c1-4-27-21-14-20(9-7-17(21)2)34-23-10-8-19(13-18(23)3)31-25-24-22(29-16-30-25)15-28-26(32-24)33-11-5-6-12-33/h4,7-10,13-16H,5-6,11-12H2,1-3H3,(H,29,30,31). The second-order valence-electron chi connectivity index (χ2n) is 8.36. The molecule has 0 unspecified atom stereocenters. The van der Waals surface area contributed by atoms with Crippen LogP contribution in [-0.4, -0.2) is 39.2 Å². The van der Waals surface area contributed by atoms with Crippen LogP contribution < -0.4 is 15.0 Å². The number of fused-ring (bicyclic) bond motifs is 1. The number of aliphatic imine (C=N–C) groups is 1. The van der Waals surface area contributed by atoms with Crippen LogP contribution in [0.5, 0.6) is 11.5 Å². The van der Waals surface area contributed by atoms with E-state index in [0.717, 1.165) is 53.0 Å². The van der Waals surface area contributed by atoms with Gasteiger partial charge in [0, 0.05) is 31.1 Å². The van der Waals surface area contributed by atoms with Gasteiger partial charge in [-0.1, -0.05) is 6.07 Å². The van der Waals surface area contributed by atoms with E-state index < -0.39 is 0 Å². The zero-order valence-corrected chi connectivity index (χ0v) is 19.6. The van der Waals surface area contributed by atoms with Gasteiger partial charge in [0.25, 0.3) is 0 Å². The molecule has 3 heterocycles. The Morgan fingerprint density at radius 3 is 2.65 bits per heavy atom. The molecule has 0 radical (unpaired) electrons. The van der Waals surface area contributed by atoms with E-state index in [9.17, 15) is 0 Å². The van der Waals surface area contributed by atoms with E-state index in [4.69, 9.17) is 9.72 Å². The molecule has 2 aromatic heterocycles. The minimum Gasteiger partial charge on any atom is -0.457 e. The lowest BCUT2D eigenvalue weighted by molar-refractivity contribution is 0.479. The molecular formula is C26H27N7O. The molecule has 0 atom stereocenters. The fourth-order valence-electron chi connectivity index (χ4n) is 4.04. The zero-order chi connectivity index (χ0) is 23.5. The highest BCUT2D eigenvalue weighted by Gasteiger charge is 2.17. The number of nitrogens with zero attached hydrogens (tertiary/aromatic N) is 6. The molecule has 5 rings (SSSR count). The highest BCUT2D eigenvalue weighted by Crippen LogP contribution is 2.32.